The quantitative estimate of drug-likeness (QED) is 0.604. The van der Waals surface area contributed by atoms with Crippen LogP contribution in [0.5, 0.6) is 0 Å². The number of methoxy groups -OCH3 is 1. The zero-order valence-corrected chi connectivity index (χ0v) is 11.9. The molecule has 1 aromatic carbocycles. The lowest BCUT2D eigenvalue weighted by atomic mass is 9.72. The maximum absolute atomic E-state index is 11.2. The molecule has 1 aliphatic carbocycles. The van der Waals surface area contributed by atoms with Gasteiger partial charge in [0.1, 0.15) is 0 Å². The zero-order chi connectivity index (χ0) is 13.8. The molecular weight excluding hydrogens is 236 g/mol. The Morgan fingerprint density at radius 1 is 1.32 bits per heavy atom. The molecule has 0 spiro atoms. The number of carbonyl (C=O) groups is 1. The van der Waals surface area contributed by atoms with Gasteiger partial charge in [-0.15, -0.1) is 0 Å². The van der Waals surface area contributed by atoms with Crippen LogP contribution in [0.3, 0.4) is 0 Å². The largest absolute Gasteiger partial charge is 0.466 e. The average Bonchev–Trinajstić information content (AvgIpc) is 2.45. The lowest BCUT2D eigenvalue weighted by Gasteiger charge is -2.32. The molecule has 0 aromatic heterocycles. The first-order valence-corrected chi connectivity index (χ1v) is 6.98. The molecule has 102 valence electrons. The van der Waals surface area contributed by atoms with Gasteiger partial charge in [-0.25, -0.2) is 4.79 Å². The van der Waals surface area contributed by atoms with Crippen molar-refractivity contribution in [1.29, 1.82) is 0 Å². The van der Waals surface area contributed by atoms with Crippen molar-refractivity contribution in [2.24, 2.45) is 5.92 Å². The molecule has 19 heavy (non-hydrogen) atoms. The van der Waals surface area contributed by atoms with Gasteiger partial charge >= 0.3 is 5.97 Å². The lowest BCUT2D eigenvalue weighted by Crippen LogP contribution is -2.17. The van der Waals surface area contributed by atoms with E-state index in [2.05, 4.69) is 42.8 Å². The molecule has 0 amide bonds. The third-order valence-electron chi connectivity index (χ3n) is 4.21. The Labute approximate surface area is 115 Å². The summed E-state index contributed by atoms with van der Waals surface area (Å²) in [7, 11) is 1.41. The van der Waals surface area contributed by atoms with Gasteiger partial charge in [0.25, 0.3) is 0 Å². The summed E-state index contributed by atoms with van der Waals surface area (Å²) in [5, 5.41) is 0. The van der Waals surface area contributed by atoms with Gasteiger partial charge in [-0.3, -0.25) is 0 Å². The summed E-state index contributed by atoms with van der Waals surface area (Å²) in [5.41, 5.74) is 2.92. The zero-order valence-electron chi connectivity index (χ0n) is 11.9. The number of hydrogen-bond donors (Lipinski definition) is 0. The predicted molar refractivity (Wildman–Crippen MR) is 77.2 cm³/mol. The first kappa shape index (κ1) is 13.9. The van der Waals surface area contributed by atoms with Crippen LogP contribution in [0, 0.1) is 5.92 Å². The highest BCUT2D eigenvalue weighted by molar-refractivity contribution is 5.81. The number of ether oxygens (including phenoxy) is 1. The van der Waals surface area contributed by atoms with Gasteiger partial charge in [-0.1, -0.05) is 44.2 Å². The Morgan fingerprint density at radius 3 is 2.68 bits per heavy atom. The molecule has 1 unspecified atom stereocenters. The van der Waals surface area contributed by atoms with Crippen LogP contribution in [0.4, 0.5) is 0 Å². The molecule has 0 saturated carbocycles. The van der Waals surface area contributed by atoms with Crippen LogP contribution < -0.4 is 0 Å². The summed E-state index contributed by atoms with van der Waals surface area (Å²) in [5.74, 6) is 1.23. The molecule has 1 aliphatic rings. The van der Waals surface area contributed by atoms with Crippen molar-refractivity contribution in [2.75, 3.05) is 7.11 Å². The van der Waals surface area contributed by atoms with E-state index in [0.29, 0.717) is 17.8 Å². The molecule has 0 radical (unpaired) electrons. The Morgan fingerprint density at radius 2 is 2.00 bits per heavy atom. The van der Waals surface area contributed by atoms with Crippen molar-refractivity contribution in [3.63, 3.8) is 0 Å². The van der Waals surface area contributed by atoms with Crippen molar-refractivity contribution in [2.45, 2.75) is 38.5 Å². The van der Waals surface area contributed by atoms with Crippen molar-refractivity contribution in [3.8, 4) is 0 Å². The fourth-order valence-electron chi connectivity index (χ4n) is 3.02. The maximum atomic E-state index is 11.2. The van der Waals surface area contributed by atoms with Gasteiger partial charge in [0, 0.05) is 6.08 Å². The van der Waals surface area contributed by atoms with Crippen molar-refractivity contribution in [3.05, 3.63) is 47.5 Å². The van der Waals surface area contributed by atoms with E-state index in [1.54, 1.807) is 6.08 Å². The van der Waals surface area contributed by atoms with Crippen LogP contribution in [-0.4, -0.2) is 13.1 Å². The normalized spacial score (nSPS) is 23.9. The fourth-order valence-corrected chi connectivity index (χ4v) is 3.02. The Kier molecular flexibility index (Phi) is 4.41. The molecule has 1 aromatic rings. The minimum absolute atomic E-state index is 0.274. The summed E-state index contributed by atoms with van der Waals surface area (Å²) < 4.78 is 4.65. The Hall–Kier alpha value is -1.57. The van der Waals surface area contributed by atoms with Crippen molar-refractivity contribution in [1.82, 2.24) is 0 Å². The van der Waals surface area contributed by atoms with Crippen molar-refractivity contribution < 1.29 is 9.53 Å². The molecule has 2 heteroatoms. The molecule has 0 N–H and O–H groups in total. The van der Waals surface area contributed by atoms with E-state index in [0.717, 1.165) is 0 Å². The van der Waals surface area contributed by atoms with Crippen LogP contribution in [0.1, 0.15) is 49.7 Å². The predicted octanol–water partition coefficient (Wildman–Crippen LogP) is 4.03. The maximum Gasteiger partial charge on any atom is 0.330 e. The van der Waals surface area contributed by atoms with Crippen LogP contribution in [0.2, 0.25) is 0 Å². The number of fused-ring (bicyclic) bond motifs is 1. The molecule has 2 rings (SSSR count). The van der Waals surface area contributed by atoms with Gasteiger partial charge < -0.3 is 4.74 Å². The van der Waals surface area contributed by atoms with Gasteiger partial charge in [0.15, 0.2) is 0 Å². The molecule has 0 fully saturated rings. The second kappa shape index (κ2) is 6.05. The fraction of sp³-hybridized carbons (Fsp3) is 0.471. The van der Waals surface area contributed by atoms with Crippen LogP contribution in [-0.2, 0) is 9.53 Å². The van der Waals surface area contributed by atoms with E-state index in [4.69, 9.17) is 0 Å². The van der Waals surface area contributed by atoms with E-state index in [-0.39, 0.29) is 5.97 Å². The number of allylic oxidation sites excluding steroid dienone is 1. The van der Waals surface area contributed by atoms with Crippen molar-refractivity contribution >= 4 is 5.97 Å². The van der Waals surface area contributed by atoms with Crippen LogP contribution >= 0.6 is 0 Å². The summed E-state index contributed by atoms with van der Waals surface area (Å²) >= 11 is 0. The highest BCUT2D eigenvalue weighted by Crippen LogP contribution is 2.42. The number of hydrogen-bond acceptors (Lipinski definition) is 2. The Bertz CT molecular complexity index is 476. The molecular formula is C17H22O2. The van der Waals surface area contributed by atoms with E-state index < -0.39 is 0 Å². The van der Waals surface area contributed by atoms with E-state index in [1.165, 1.54) is 31.1 Å². The molecule has 0 bridgehead atoms. The topological polar surface area (TPSA) is 26.3 Å². The van der Waals surface area contributed by atoms with E-state index in [1.807, 2.05) is 6.08 Å². The Balaban J connectivity index is 2.20. The minimum Gasteiger partial charge on any atom is -0.466 e. The number of carbonyl (C=O) groups excluding carboxylic acids is 1. The van der Waals surface area contributed by atoms with Crippen LogP contribution in [0.25, 0.3) is 0 Å². The highest BCUT2D eigenvalue weighted by atomic mass is 16.5. The highest BCUT2D eigenvalue weighted by Gasteiger charge is 2.27. The third-order valence-corrected chi connectivity index (χ3v) is 4.21. The van der Waals surface area contributed by atoms with Crippen LogP contribution in [0.15, 0.2) is 36.4 Å². The van der Waals surface area contributed by atoms with E-state index in [9.17, 15) is 4.79 Å². The summed E-state index contributed by atoms with van der Waals surface area (Å²) in [6.07, 6.45) is 5.93. The average molecular weight is 258 g/mol. The van der Waals surface area contributed by atoms with E-state index >= 15 is 0 Å². The first-order valence-electron chi connectivity index (χ1n) is 6.98. The summed E-state index contributed by atoms with van der Waals surface area (Å²) in [6.45, 7) is 4.47. The number of rotatable bonds is 3. The molecule has 0 aliphatic heterocycles. The third kappa shape index (κ3) is 3.06. The molecule has 2 nitrogen and oxygen atoms in total. The van der Waals surface area contributed by atoms with Gasteiger partial charge in [-0.05, 0) is 41.7 Å². The minimum atomic E-state index is -0.274. The van der Waals surface area contributed by atoms with Gasteiger partial charge in [0.2, 0.25) is 0 Å². The molecule has 0 saturated heterocycles. The van der Waals surface area contributed by atoms with Gasteiger partial charge in [-0.2, -0.15) is 0 Å². The smallest absolute Gasteiger partial charge is 0.330 e. The van der Waals surface area contributed by atoms with Gasteiger partial charge in [0.05, 0.1) is 7.11 Å². The number of esters is 1. The summed E-state index contributed by atoms with van der Waals surface area (Å²) in [6, 6.07) is 8.70. The summed E-state index contributed by atoms with van der Waals surface area (Å²) in [4.78, 5) is 11.2. The standard InChI is InChI=1S/C17H22O2/c1-12-8-10-15(13(2)9-11-17(18)19-3)16-7-5-4-6-14(12)16/h4-7,9,11-13,15H,8,10H2,1-3H3/b11-9+/t12-,13?,15+/m1/s1. The number of benzene rings is 1. The monoisotopic (exact) mass is 258 g/mol. The molecule has 3 atom stereocenters. The SMILES string of the molecule is COC(=O)/C=C/C(C)[C@@H]1CC[C@@H](C)c2ccccc21. The second-order valence-corrected chi connectivity index (χ2v) is 5.46. The second-order valence-electron chi connectivity index (χ2n) is 5.46. The first-order chi connectivity index (χ1) is 9.13. The molecule has 0 heterocycles. The lowest BCUT2D eigenvalue weighted by molar-refractivity contribution is -0.134.